The minimum atomic E-state index is -3.71. The van der Waals surface area contributed by atoms with Crippen LogP contribution in [-0.4, -0.2) is 33.2 Å². The summed E-state index contributed by atoms with van der Waals surface area (Å²) in [6, 6.07) is 6.83. The second kappa shape index (κ2) is 5.44. The van der Waals surface area contributed by atoms with Gasteiger partial charge in [-0.2, -0.15) is 0 Å². The van der Waals surface area contributed by atoms with E-state index in [9.17, 15) is 18.0 Å². The molecule has 17 heavy (non-hydrogen) atoms. The molecule has 0 radical (unpaired) electrons. The molecule has 0 aliphatic carbocycles. The van der Waals surface area contributed by atoms with Crippen LogP contribution < -0.4 is 10.6 Å². The third-order valence-electron chi connectivity index (χ3n) is 1.90. The Morgan fingerprint density at radius 2 is 1.76 bits per heavy atom. The quantitative estimate of drug-likeness (QED) is 0.791. The van der Waals surface area contributed by atoms with E-state index in [-0.39, 0.29) is 4.90 Å². The number of amides is 3. The van der Waals surface area contributed by atoms with Gasteiger partial charge < -0.3 is 5.32 Å². The van der Waals surface area contributed by atoms with Gasteiger partial charge in [0.2, 0.25) is 5.91 Å². The summed E-state index contributed by atoms with van der Waals surface area (Å²) in [7, 11) is -2.38. The molecule has 92 valence electrons. The molecule has 0 aliphatic rings. The minimum Gasteiger partial charge on any atom is -0.341 e. The highest BCUT2D eigenvalue weighted by atomic mass is 32.2. The molecule has 7 heteroatoms. The van der Waals surface area contributed by atoms with Crippen molar-refractivity contribution in [1.29, 1.82) is 0 Å². The Balaban J connectivity index is 2.75. The standard InChI is InChI=1S/C10H12N2O4S/c1-11-10(14)12-9(13)7-17(15,16)8-5-3-2-4-6-8/h2-6H,7H2,1H3,(H2,11,12,13,14). The van der Waals surface area contributed by atoms with E-state index in [2.05, 4.69) is 5.32 Å². The smallest absolute Gasteiger partial charge is 0.321 e. The summed E-state index contributed by atoms with van der Waals surface area (Å²) in [6.07, 6.45) is 0. The van der Waals surface area contributed by atoms with Crippen LogP contribution in [0.4, 0.5) is 4.79 Å². The van der Waals surface area contributed by atoms with Gasteiger partial charge in [0.1, 0.15) is 5.75 Å². The summed E-state index contributed by atoms with van der Waals surface area (Å²) < 4.78 is 23.4. The van der Waals surface area contributed by atoms with E-state index >= 15 is 0 Å². The second-order valence-corrected chi connectivity index (χ2v) is 5.19. The van der Waals surface area contributed by atoms with Crippen molar-refractivity contribution in [2.75, 3.05) is 12.8 Å². The average Bonchev–Trinajstić information content (AvgIpc) is 2.29. The minimum absolute atomic E-state index is 0.0482. The zero-order chi connectivity index (χ0) is 12.9. The molecule has 1 rings (SSSR count). The fraction of sp³-hybridized carbons (Fsp3) is 0.200. The van der Waals surface area contributed by atoms with Gasteiger partial charge in [-0.3, -0.25) is 10.1 Å². The van der Waals surface area contributed by atoms with Gasteiger partial charge in [0.05, 0.1) is 4.90 Å². The first-order chi connectivity index (χ1) is 7.95. The molecule has 0 bridgehead atoms. The molecule has 2 N–H and O–H groups in total. The Kier molecular flexibility index (Phi) is 4.22. The number of carbonyl (C=O) groups excluding carboxylic acids is 2. The zero-order valence-corrected chi connectivity index (χ0v) is 9.95. The fourth-order valence-electron chi connectivity index (χ4n) is 1.11. The molecule has 0 heterocycles. The highest BCUT2D eigenvalue weighted by molar-refractivity contribution is 7.92. The van der Waals surface area contributed by atoms with Crippen LogP contribution >= 0.6 is 0 Å². The van der Waals surface area contributed by atoms with E-state index in [4.69, 9.17) is 0 Å². The predicted molar refractivity (Wildman–Crippen MR) is 61.1 cm³/mol. The molecule has 1 aromatic rings. The number of urea groups is 1. The molecule has 1 aromatic carbocycles. The molecule has 0 fully saturated rings. The van der Waals surface area contributed by atoms with Gasteiger partial charge in [-0.25, -0.2) is 13.2 Å². The van der Waals surface area contributed by atoms with E-state index in [0.29, 0.717) is 0 Å². The molecule has 3 amide bonds. The monoisotopic (exact) mass is 256 g/mol. The van der Waals surface area contributed by atoms with Gasteiger partial charge in [-0.05, 0) is 12.1 Å². The summed E-state index contributed by atoms with van der Waals surface area (Å²) >= 11 is 0. The Bertz CT molecular complexity index is 510. The summed E-state index contributed by atoms with van der Waals surface area (Å²) in [5.41, 5.74) is 0. The number of imide groups is 1. The van der Waals surface area contributed by atoms with Gasteiger partial charge in [0, 0.05) is 7.05 Å². The maximum atomic E-state index is 11.7. The van der Waals surface area contributed by atoms with Crippen molar-refractivity contribution >= 4 is 21.8 Å². The maximum Gasteiger partial charge on any atom is 0.321 e. The lowest BCUT2D eigenvalue weighted by atomic mass is 10.4. The third kappa shape index (κ3) is 3.87. The molecule has 0 unspecified atom stereocenters. The van der Waals surface area contributed by atoms with Gasteiger partial charge in [-0.1, -0.05) is 18.2 Å². The SMILES string of the molecule is CNC(=O)NC(=O)CS(=O)(=O)c1ccccc1. The van der Waals surface area contributed by atoms with Crippen molar-refractivity contribution in [1.82, 2.24) is 10.6 Å². The van der Waals surface area contributed by atoms with Crippen molar-refractivity contribution < 1.29 is 18.0 Å². The first-order valence-corrected chi connectivity index (χ1v) is 6.40. The van der Waals surface area contributed by atoms with Crippen LogP contribution in [0.3, 0.4) is 0 Å². The number of hydrogen-bond acceptors (Lipinski definition) is 4. The lowest BCUT2D eigenvalue weighted by molar-refractivity contribution is -0.117. The number of benzene rings is 1. The number of hydrogen-bond donors (Lipinski definition) is 2. The van der Waals surface area contributed by atoms with Crippen LogP contribution in [0, 0.1) is 0 Å². The first-order valence-electron chi connectivity index (χ1n) is 4.75. The molecule has 0 saturated carbocycles. The molecule has 6 nitrogen and oxygen atoms in total. The Morgan fingerprint density at radius 3 is 2.29 bits per heavy atom. The topological polar surface area (TPSA) is 92.3 Å². The highest BCUT2D eigenvalue weighted by Gasteiger charge is 2.19. The van der Waals surface area contributed by atoms with E-state index in [1.807, 2.05) is 5.32 Å². The first kappa shape index (κ1) is 13.2. The van der Waals surface area contributed by atoms with Crippen LogP contribution in [-0.2, 0) is 14.6 Å². The molecule has 0 aliphatic heterocycles. The van der Waals surface area contributed by atoms with Crippen molar-refractivity contribution in [3.63, 3.8) is 0 Å². The zero-order valence-electron chi connectivity index (χ0n) is 9.14. The van der Waals surface area contributed by atoms with Crippen molar-refractivity contribution in [3.05, 3.63) is 30.3 Å². The number of rotatable bonds is 3. The summed E-state index contributed by atoms with van der Waals surface area (Å²) in [5, 5.41) is 4.04. The van der Waals surface area contributed by atoms with E-state index < -0.39 is 27.5 Å². The molecular formula is C10H12N2O4S. The van der Waals surface area contributed by atoms with E-state index in [0.717, 1.165) is 0 Å². The molecular weight excluding hydrogens is 244 g/mol. The van der Waals surface area contributed by atoms with Crippen molar-refractivity contribution in [2.45, 2.75) is 4.90 Å². The summed E-state index contributed by atoms with van der Waals surface area (Å²) in [5.74, 6) is -1.63. The lowest BCUT2D eigenvalue weighted by Gasteiger charge is -2.04. The number of nitrogens with one attached hydrogen (secondary N) is 2. The second-order valence-electron chi connectivity index (χ2n) is 3.20. The average molecular weight is 256 g/mol. The van der Waals surface area contributed by atoms with Crippen LogP contribution in [0.5, 0.6) is 0 Å². The van der Waals surface area contributed by atoms with Gasteiger partial charge in [0.25, 0.3) is 0 Å². The third-order valence-corrected chi connectivity index (χ3v) is 3.54. The largest absolute Gasteiger partial charge is 0.341 e. The predicted octanol–water partition coefficient (Wildman–Crippen LogP) is -0.0841. The van der Waals surface area contributed by atoms with Crippen LogP contribution in [0.25, 0.3) is 0 Å². The summed E-state index contributed by atoms with van der Waals surface area (Å²) in [4.78, 5) is 22.1. The molecule has 0 saturated heterocycles. The molecule has 0 aromatic heterocycles. The van der Waals surface area contributed by atoms with Gasteiger partial charge in [-0.15, -0.1) is 0 Å². The van der Waals surface area contributed by atoms with E-state index in [1.54, 1.807) is 18.2 Å². The van der Waals surface area contributed by atoms with Crippen LogP contribution in [0.2, 0.25) is 0 Å². The van der Waals surface area contributed by atoms with Gasteiger partial charge in [0.15, 0.2) is 9.84 Å². The van der Waals surface area contributed by atoms with Gasteiger partial charge >= 0.3 is 6.03 Å². The Hall–Kier alpha value is -1.89. The highest BCUT2D eigenvalue weighted by Crippen LogP contribution is 2.09. The van der Waals surface area contributed by atoms with Crippen molar-refractivity contribution in [2.24, 2.45) is 0 Å². The summed E-state index contributed by atoms with van der Waals surface area (Å²) in [6.45, 7) is 0. The fourth-order valence-corrected chi connectivity index (χ4v) is 2.26. The van der Waals surface area contributed by atoms with Crippen LogP contribution in [0.1, 0.15) is 0 Å². The normalized spacial score (nSPS) is 10.6. The lowest BCUT2D eigenvalue weighted by Crippen LogP contribution is -2.40. The van der Waals surface area contributed by atoms with E-state index in [1.165, 1.54) is 19.2 Å². The van der Waals surface area contributed by atoms with Crippen molar-refractivity contribution in [3.8, 4) is 0 Å². The molecule has 0 atom stereocenters. The maximum absolute atomic E-state index is 11.7. The number of carbonyl (C=O) groups is 2. The Morgan fingerprint density at radius 1 is 1.18 bits per heavy atom. The van der Waals surface area contributed by atoms with Crippen LogP contribution in [0.15, 0.2) is 35.2 Å². The molecule has 0 spiro atoms. The number of sulfone groups is 1. The Labute approximate surface area is 98.9 Å².